The zero-order chi connectivity index (χ0) is 12.8. The van der Waals surface area contributed by atoms with Crippen LogP contribution in [0.25, 0.3) is 0 Å². The molecule has 0 atom stereocenters. The lowest BCUT2D eigenvalue weighted by molar-refractivity contribution is 0.155. The molecule has 4 nitrogen and oxygen atoms in total. The molecule has 2 rings (SSSR count). The van der Waals surface area contributed by atoms with E-state index in [1.165, 1.54) is 6.07 Å². The number of phenolic OH excluding ortho intramolecular Hbond substituents is 1. The molecule has 0 aliphatic carbocycles. The number of nitrogens with one attached hydrogen (secondary N) is 1. The van der Waals surface area contributed by atoms with Gasteiger partial charge in [0.1, 0.15) is 12.4 Å². The van der Waals surface area contributed by atoms with Gasteiger partial charge < -0.3 is 9.84 Å². The maximum absolute atomic E-state index is 11.5. The first kappa shape index (κ1) is 12.0. The van der Waals surface area contributed by atoms with Gasteiger partial charge in [-0.1, -0.05) is 42.5 Å². The molecule has 0 spiro atoms. The molecule has 92 valence electrons. The molecule has 2 aromatic rings. The fourth-order valence-electron chi connectivity index (χ4n) is 1.45. The van der Waals surface area contributed by atoms with Gasteiger partial charge in [0.05, 0.1) is 5.69 Å². The van der Waals surface area contributed by atoms with Crippen LogP contribution in [-0.2, 0) is 11.3 Å². The largest absolute Gasteiger partial charge is 0.506 e. The summed E-state index contributed by atoms with van der Waals surface area (Å²) in [4.78, 5) is 11.5. The summed E-state index contributed by atoms with van der Waals surface area (Å²) in [5.74, 6) is 0.00848. The molecule has 0 saturated carbocycles. The lowest BCUT2D eigenvalue weighted by atomic mass is 10.2. The van der Waals surface area contributed by atoms with Crippen molar-refractivity contribution in [3.63, 3.8) is 0 Å². The van der Waals surface area contributed by atoms with E-state index in [0.717, 1.165) is 5.56 Å². The molecule has 0 aromatic heterocycles. The van der Waals surface area contributed by atoms with E-state index in [-0.39, 0.29) is 12.4 Å². The number of para-hydroxylation sites is 2. The van der Waals surface area contributed by atoms with E-state index in [4.69, 9.17) is 4.74 Å². The highest BCUT2D eigenvalue weighted by Crippen LogP contribution is 2.21. The zero-order valence-electron chi connectivity index (χ0n) is 9.67. The van der Waals surface area contributed by atoms with Crippen LogP contribution in [0.2, 0.25) is 0 Å². The van der Waals surface area contributed by atoms with Crippen LogP contribution in [0.5, 0.6) is 5.75 Å². The average Bonchev–Trinajstić information content (AvgIpc) is 2.40. The van der Waals surface area contributed by atoms with Gasteiger partial charge in [0, 0.05) is 0 Å². The molecule has 4 heteroatoms. The van der Waals surface area contributed by atoms with Crippen molar-refractivity contribution in [1.29, 1.82) is 0 Å². The topological polar surface area (TPSA) is 58.6 Å². The minimum absolute atomic E-state index is 0.00848. The van der Waals surface area contributed by atoms with Crippen LogP contribution in [0.1, 0.15) is 5.56 Å². The summed E-state index contributed by atoms with van der Waals surface area (Å²) in [5.41, 5.74) is 1.24. The quantitative estimate of drug-likeness (QED) is 0.814. The molecule has 0 radical (unpaired) electrons. The third kappa shape index (κ3) is 3.25. The Kier molecular flexibility index (Phi) is 3.81. The maximum atomic E-state index is 11.5. The highest BCUT2D eigenvalue weighted by atomic mass is 16.5. The zero-order valence-corrected chi connectivity index (χ0v) is 9.67. The Bertz CT molecular complexity index is 526. The van der Waals surface area contributed by atoms with Gasteiger partial charge in [0.25, 0.3) is 0 Å². The summed E-state index contributed by atoms with van der Waals surface area (Å²) in [6.45, 7) is 0.195. The van der Waals surface area contributed by atoms with Gasteiger partial charge in [0.2, 0.25) is 0 Å². The fourth-order valence-corrected chi connectivity index (χ4v) is 1.45. The van der Waals surface area contributed by atoms with Crippen LogP contribution in [-0.4, -0.2) is 11.2 Å². The molecular formula is C14H13NO3. The number of phenols is 1. The number of carbonyl (C=O) groups is 1. The summed E-state index contributed by atoms with van der Waals surface area (Å²) in [6, 6.07) is 15.9. The van der Waals surface area contributed by atoms with Crippen molar-refractivity contribution in [2.24, 2.45) is 0 Å². The molecule has 1 amide bonds. The Morgan fingerprint density at radius 1 is 1.06 bits per heavy atom. The smallest absolute Gasteiger partial charge is 0.412 e. The summed E-state index contributed by atoms with van der Waals surface area (Å²) in [5, 5.41) is 11.9. The van der Waals surface area contributed by atoms with Crippen LogP contribution in [0.3, 0.4) is 0 Å². The second kappa shape index (κ2) is 5.72. The van der Waals surface area contributed by atoms with Crippen LogP contribution in [0.15, 0.2) is 54.6 Å². The molecule has 0 heterocycles. The van der Waals surface area contributed by atoms with Crippen molar-refractivity contribution in [1.82, 2.24) is 0 Å². The SMILES string of the molecule is O=C(Nc1ccccc1O)OCc1ccccc1. The summed E-state index contributed by atoms with van der Waals surface area (Å²) in [7, 11) is 0. The summed E-state index contributed by atoms with van der Waals surface area (Å²) in [6.07, 6.45) is -0.597. The van der Waals surface area contributed by atoms with E-state index in [1.807, 2.05) is 30.3 Å². The van der Waals surface area contributed by atoms with Crippen LogP contribution >= 0.6 is 0 Å². The van der Waals surface area contributed by atoms with Gasteiger partial charge in [-0.15, -0.1) is 0 Å². The number of aromatic hydroxyl groups is 1. The minimum Gasteiger partial charge on any atom is -0.506 e. The van der Waals surface area contributed by atoms with E-state index in [0.29, 0.717) is 5.69 Å². The summed E-state index contributed by atoms with van der Waals surface area (Å²) >= 11 is 0. The number of hydrogen-bond acceptors (Lipinski definition) is 3. The Hall–Kier alpha value is -2.49. The van der Waals surface area contributed by atoms with Crippen molar-refractivity contribution in [2.75, 3.05) is 5.32 Å². The minimum atomic E-state index is -0.597. The molecule has 0 bridgehead atoms. The van der Waals surface area contributed by atoms with Crippen molar-refractivity contribution < 1.29 is 14.6 Å². The van der Waals surface area contributed by atoms with E-state index < -0.39 is 6.09 Å². The molecule has 0 aliphatic heterocycles. The van der Waals surface area contributed by atoms with E-state index >= 15 is 0 Å². The molecule has 2 aromatic carbocycles. The molecule has 18 heavy (non-hydrogen) atoms. The highest BCUT2D eigenvalue weighted by Gasteiger charge is 2.06. The van der Waals surface area contributed by atoms with Gasteiger partial charge in [-0.3, -0.25) is 5.32 Å². The normalized spacial score (nSPS) is 9.78. The van der Waals surface area contributed by atoms with Crippen LogP contribution in [0, 0.1) is 0 Å². The van der Waals surface area contributed by atoms with Gasteiger partial charge in [0.15, 0.2) is 0 Å². The van der Waals surface area contributed by atoms with Gasteiger partial charge >= 0.3 is 6.09 Å². The number of ether oxygens (including phenoxy) is 1. The highest BCUT2D eigenvalue weighted by molar-refractivity contribution is 5.86. The summed E-state index contributed by atoms with van der Waals surface area (Å²) < 4.78 is 5.03. The third-order valence-electron chi connectivity index (χ3n) is 2.35. The fraction of sp³-hybridized carbons (Fsp3) is 0.0714. The number of benzene rings is 2. The predicted molar refractivity (Wildman–Crippen MR) is 68.4 cm³/mol. The Morgan fingerprint density at radius 2 is 1.72 bits per heavy atom. The first-order valence-corrected chi connectivity index (χ1v) is 5.51. The third-order valence-corrected chi connectivity index (χ3v) is 2.35. The first-order valence-electron chi connectivity index (χ1n) is 5.51. The molecule has 0 fully saturated rings. The number of amides is 1. The predicted octanol–water partition coefficient (Wildman–Crippen LogP) is 3.14. The van der Waals surface area contributed by atoms with Crippen LogP contribution in [0.4, 0.5) is 10.5 Å². The van der Waals surface area contributed by atoms with Crippen molar-refractivity contribution in [3.05, 3.63) is 60.2 Å². The second-order valence-electron chi connectivity index (χ2n) is 3.70. The average molecular weight is 243 g/mol. The Labute approximate surface area is 105 Å². The number of carbonyl (C=O) groups excluding carboxylic acids is 1. The van der Waals surface area contributed by atoms with Crippen LogP contribution < -0.4 is 5.32 Å². The standard InChI is InChI=1S/C14H13NO3/c16-13-9-5-4-8-12(13)15-14(17)18-10-11-6-2-1-3-7-11/h1-9,16H,10H2,(H,15,17). The Morgan fingerprint density at radius 3 is 2.44 bits per heavy atom. The molecule has 0 unspecified atom stereocenters. The number of rotatable bonds is 3. The lowest BCUT2D eigenvalue weighted by Gasteiger charge is -2.08. The molecule has 0 saturated heterocycles. The number of anilines is 1. The van der Waals surface area contributed by atoms with E-state index in [1.54, 1.807) is 18.2 Å². The van der Waals surface area contributed by atoms with Crippen molar-refractivity contribution in [3.8, 4) is 5.75 Å². The van der Waals surface area contributed by atoms with E-state index in [9.17, 15) is 9.90 Å². The van der Waals surface area contributed by atoms with E-state index in [2.05, 4.69) is 5.32 Å². The second-order valence-corrected chi connectivity index (χ2v) is 3.70. The Balaban J connectivity index is 1.88. The van der Waals surface area contributed by atoms with Gasteiger partial charge in [-0.05, 0) is 17.7 Å². The number of hydrogen-bond donors (Lipinski definition) is 2. The van der Waals surface area contributed by atoms with Crippen molar-refractivity contribution in [2.45, 2.75) is 6.61 Å². The first-order chi connectivity index (χ1) is 8.75. The van der Waals surface area contributed by atoms with Crippen molar-refractivity contribution >= 4 is 11.8 Å². The molecule has 0 aliphatic rings. The molecular weight excluding hydrogens is 230 g/mol. The lowest BCUT2D eigenvalue weighted by Crippen LogP contribution is -2.13. The maximum Gasteiger partial charge on any atom is 0.412 e. The molecule has 2 N–H and O–H groups in total. The van der Waals surface area contributed by atoms with Gasteiger partial charge in [-0.25, -0.2) is 4.79 Å². The van der Waals surface area contributed by atoms with Gasteiger partial charge in [-0.2, -0.15) is 0 Å². The monoisotopic (exact) mass is 243 g/mol.